The van der Waals surface area contributed by atoms with Crippen molar-refractivity contribution in [2.45, 2.75) is 18.4 Å². The maximum Gasteiger partial charge on any atom is 0.300 e. The summed E-state index contributed by atoms with van der Waals surface area (Å²) in [7, 11) is 0. The summed E-state index contributed by atoms with van der Waals surface area (Å²) < 4.78 is 0. The Bertz CT molecular complexity index is 548. The maximum atomic E-state index is 9.90. The molecule has 2 atom stereocenters. The molecule has 18 heavy (non-hydrogen) atoms. The van der Waals surface area contributed by atoms with E-state index in [2.05, 4.69) is 0 Å². The molecule has 94 valence electrons. The highest BCUT2D eigenvalue weighted by atomic mass is 35.5. The average molecular weight is 265 g/mol. The molecular formula is C14H13ClO3. The van der Waals surface area contributed by atoms with Gasteiger partial charge in [-0.3, -0.25) is 4.79 Å². The summed E-state index contributed by atoms with van der Waals surface area (Å²) in [5.41, 5.74) is 2.00. The molecule has 0 spiro atoms. The number of aliphatic carboxylic acids is 1. The number of carbonyl (C=O) groups is 1. The molecule has 3 nitrogen and oxygen atoms in total. The average Bonchev–Trinajstić information content (AvgIpc) is 2.57. The van der Waals surface area contributed by atoms with E-state index in [1.807, 2.05) is 36.4 Å². The molecule has 0 aromatic heterocycles. The van der Waals surface area contributed by atoms with Crippen LogP contribution in [0.3, 0.4) is 0 Å². The largest absolute Gasteiger partial charge is 0.481 e. The molecule has 0 aliphatic heterocycles. The van der Waals surface area contributed by atoms with E-state index in [4.69, 9.17) is 21.5 Å². The Hall–Kier alpha value is -1.58. The standard InChI is InChI=1S/C12H9ClO.C2H4O2/c13-11-8-5-1-3-7-4-2-6-9(10(7)8)12(11)14;1-2(3)4/h1-6,11-12,14H;1H3,(H,3,4). The molecule has 4 heteroatoms. The lowest BCUT2D eigenvalue weighted by Crippen LogP contribution is -1.96. The molecule has 1 aliphatic rings. The van der Waals surface area contributed by atoms with Gasteiger partial charge in [0.15, 0.2) is 0 Å². The zero-order chi connectivity index (χ0) is 13.3. The van der Waals surface area contributed by atoms with Gasteiger partial charge in [-0.1, -0.05) is 36.4 Å². The van der Waals surface area contributed by atoms with Crippen molar-refractivity contribution in [2.24, 2.45) is 0 Å². The first-order valence-corrected chi connectivity index (χ1v) is 5.99. The van der Waals surface area contributed by atoms with Crippen LogP contribution in [0.15, 0.2) is 36.4 Å². The predicted molar refractivity (Wildman–Crippen MR) is 70.8 cm³/mol. The van der Waals surface area contributed by atoms with Gasteiger partial charge in [0.1, 0.15) is 6.10 Å². The summed E-state index contributed by atoms with van der Waals surface area (Å²) in [5, 5.41) is 19.3. The fraction of sp³-hybridized carbons (Fsp3) is 0.214. The van der Waals surface area contributed by atoms with Gasteiger partial charge in [-0.15, -0.1) is 11.6 Å². The SMILES string of the molecule is CC(=O)O.OC1c2cccc3cccc(c23)C1Cl. The lowest BCUT2D eigenvalue weighted by molar-refractivity contribution is -0.134. The smallest absolute Gasteiger partial charge is 0.300 e. The topological polar surface area (TPSA) is 57.5 Å². The Morgan fingerprint density at radius 2 is 1.67 bits per heavy atom. The van der Waals surface area contributed by atoms with Crippen molar-refractivity contribution >= 4 is 28.3 Å². The number of aliphatic hydroxyl groups excluding tert-OH is 1. The quantitative estimate of drug-likeness (QED) is 0.718. The van der Waals surface area contributed by atoms with E-state index >= 15 is 0 Å². The van der Waals surface area contributed by atoms with Crippen LogP contribution in [0.5, 0.6) is 0 Å². The third-order valence-corrected chi connectivity index (χ3v) is 3.34. The van der Waals surface area contributed by atoms with Crippen LogP contribution in [-0.4, -0.2) is 16.2 Å². The first-order valence-electron chi connectivity index (χ1n) is 5.55. The highest BCUT2D eigenvalue weighted by molar-refractivity contribution is 6.23. The Labute approximate surface area is 110 Å². The molecule has 3 rings (SSSR count). The van der Waals surface area contributed by atoms with E-state index in [1.165, 1.54) is 0 Å². The van der Waals surface area contributed by atoms with Gasteiger partial charge >= 0.3 is 0 Å². The van der Waals surface area contributed by atoms with Gasteiger partial charge in [0, 0.05) is 6.92 Å². The summed E-state index contributed by atoms with van der Waals surface area (Å²) in [5.74, 6) is -0.833. The summed E-state index contributed by atoms with van der Waals surface area (Å²) in [4.78, 5) is 9.00. The molecule has 2 unspecified atom stereocenters. The molecule has 0 saturated heterocycles. The van der Waals surface area contributed by atoms with E-state index in [-0.39, 0.29) is 5.38 Å². The third-order valence-electron chi connectivity index (χ3n) is 2.86. The van der Waals surface area contributed by atoms with E-state index in [0.29, 0.717) is 0 Å². The monoisotopic (exact) mass is 264 g/mol. The molecule has 0 fully saturated rings. The predicted octanol–water partition coefficient (Wildman–Crippen LogP) is 3.26. The molecule has 1 aliphatic carbocycles. The molecule has 0 amide bonds. The van der Waals surface area contributed by atoms with Crippen molar-refractivity contribution in [3.8, 4) is 0 Å². The van der Waals surface area contributed by atoms with Gasteiger partial charge < -0.3 is 10.2 Å². The zero-order valence-electron chi connectivity index (χ0n) is 9.80. The second kappa shape index (κ2) is 4.96. The number of hydrogen-bond donors (Lipinski definition) is 2. The number of alkyl halides is 1. The molecule has 2 N–H and O–H groups in total. The van der Waals surface area contributed by atoms with Gasteiger partial charge in [-0.2, -0.15) is 0 Å². The number of rotatable bonds is 0. The number of halogens is 1. The maximum absolute atomic E-state index is 9.90. The normalized spacial score (nSPS) is 20.4. The molecule has 0 bridgehead atoms. The van der Waals surface area contributed by atoms with Crippen molar-refractivity contribution in [1.29, 1.82) is 0 Å². The fourth-order valence-corrected chi connectivity index (χ4v) is 2.52. The highest BCUT2D eigenvalue weighted by Crippen LogP contribution is 2.47. The number of hydrogen-bond acceptors (Lipinski definition) is 2. The molecule has 0 heterocycles. The van der Waals surface area contributed by atoms with Crippen LogP contribution in [0.2, 0.25) is 0 Å². The van der Waals surface area contributed by atoms with E-state index in [1.54, 1.807) is 0 Å². The Kier molecular flexibility index (Phi) is 3.55. The van der Waals surface area contributed by atoms with Gasteiger partial charge in [0.2, 0.25) is 0 Å². The molecule has 2 aromatic rings. The lowest BCUT2D eigenvalue weighted by atomic mass is 10.1. The van der Waals surface area contributed by atoms with Gasteiger partial charge in [0.05, 0.1) is 5.38 Å². The second-order valence-electron chi connectivity index (χ2n) is 4.16. The molecule has 0 radical (unpaired) electrons. The molecule has 2 aromatic carbocycles. The first kappa shape index (κ1) is 12.9. The van der Waals surface area contributed by atoms with Crippen molar-refractivity contribution in [1.82, 2.24) is 0 Å². The second-order valence-corrected chi connectivity index (χ2v) is 4.63. The Balaban J connectivity index is 0.000000267. The van der Waals surface area contributed by atoms with Crippen LogP contribution < -0.4 is 0 Å². The van der Waals surface area contributed by atoms with Gasteiger partial charge in [0.25, 0.3) is 5.97 Å². The third kappa shape index (κ3) is 2.19. The van der Waals surface area contributed by atoms with Gasteiger partial charge in [-0.25, -0.2) is 0 Å². The minimum absolute atomic E-state index is 0.295. The van der Waals surface area contributed by atoms with Crippen LogP contribution in [0.1, 0.15) is 29.5 Å². The fourth-order valence-electron chi connectivity index (χ4n) is 2.20. The zero-order valence-corrected chi connectivity index (χ0v) is 10.6. The van der Waals surface area contributed by atoms with Crippen LogP contribution >= 0.6 is 11.6 Å². The summed E-state index contributed by atoms with van der Waals surface area (Å²) in [6.07, 6.45) is -0.558. The number of carboxylic acids is 1. The first-order chi connectivity index (χ1) is 8.52. The summed E-state index contributed by atoms with van der Waals surface area (Å²) >= 11 is 6.15. The Morgan fingerprint density at radius 1 is 1.17 bits per heavy atom. The number of benzene rings is 2. The van der Waals surface area contributed by atoms with Crippen LogP contribution in [0, 0.1) is 0 Å². The van der Waals surface area contributed by atoms with Crippen LogP contribution in [-0.2, 0) is 4.79 Å². The van der Waals surface area contributed by atoms with Crippen molar-refractivity contribution in [3.63, 3.8) is 0 Å². The Morgan fingerprint density at radius 3 is 2.22 bits per heavy atom. The van der Waals surface area contributed by atoms with Gasteiger partial charge in [-0.05, 0) is 21.9 Å². The van der Waals surface area contributed by atoms with E-state index < -0.39 is 12.1 Å². The number of carboxylic acid groups (broad SMARTS) is 1. The molecule has 0 saturated carbocycles. The van der Waals surface area contributed by atoms with Crippen molar-refractivity contribution in [3.05, 3.63) is 47.5 Å². The highest BCUT2D eigenvalue weighted by Gasteiger charge is 2.30. The lowest BCUT2D eigenvalue weighted by Gasteiger charge is -2.07. The van der Waals surface area contributed by atoms with E-state index in [0.717, 1.165) is 28.8 Å². The minimum atomic E-state index is -0.833. The summed E-state index contributed by atoms with van der Waals surface area (Å²) in [6.45, 7) is 1.08. The molecular weight excluding hydrogens is 252 g/mol. The number of aliphatic hydroxyl groups is 1. The van der Waals surface area contributed by atoms with Crippen LogP contribution in [0.25, 0.3) is 10.8 Å². The van der Waals surface area contributed by atoms with Crippen LogP contribution in [0.4, 0.5) is 0 Å². The minimum Gasteiger partial charge on any atom is -0.481 e. The van der Waals surface area contributed by atoms with E-state index in [9.17, 15) is 5.11 Å². The summed E-state index contributed by atoms with van der Waals surface area (Å²) in [6, 6.07) is 12.0. The van der Waals surface area contributed by atoms with Crippen molar-refractivity contribution in [2.75, 3.05) is 0 Å². The van der Waals surface area contributed by atoms with Crippen molar-refractivity contribution < 1.29 is 15.0 Å².